The number of hydrogen-bond acceptors (Lipinski definition) is 1. The molecule has 0 N–H and O–H groups in total. The van der Waals surface area contributed by atoms with Gasteiger partial charge in [-0.1, -0.05) is 170 Å². The van der Waals surface area contributed by atoms with Gasteiger partial charge in [-0.05, 0) is 122 Å². The Morgan fingerprint density at radius 2 is 0.820 bits per heavy atom. The molecule has 0 aliphatic heterocycles. The van der Waals surface area contributed by atoms with Crippen LogP contribution in [0.1, 0.15) is 22.3 Å². The normalized spacial score (nSPS) is 13.0. The number of para-hydroxylation sites is 3. The molecule has 2 nitrogen and oxygen atoms in total. The number of anilines is 3. The Hall–Kier alpha value is -7.94. The highest BCUT2D eigenvalue weighted by molar-refractivity contribution is 6.29. The van der Waals surface area contributed by atoms with Crippen molar-refractivity contribution in [2.45, 2.75) is 5.41 Å². The Balaban J connectivity index is 1.24. The fraction of sp³-hybridized carbons (Fsp3) is 0.0169. The van der Waals surface area contributed by atoms with Crippen molar-refractivity contribution in [1.29, 1.82) is 0 Å². The SMILES string of the molecule is c1ccc(-c2ccc3c(c2)C2(c4cc(-c5ccccc5)ccc4-3)c3cccc4c(N(c5ccccc5)c5ccccc5)cc5c(c34)c3c2cccc3n5-c2ccccc2)cc1. The molecule has 0 saturated heterocycles. The van der Waals surface area contributed by atoms with Crippen molar-refractivity contribution in [1.82, 2.24) is 4.57 Å². The second-order valence-electron chi connectivity index (χ2n) is 16.4. The van der Waals surface area contributed by atoms with Crippen molar-refractivity contribution in [2.75, 3.05) is 4.90 Å². The highest BCUT2D eigenvalue weighted by atomic mass is 15.1. The third-order valence-electron chi connectivity index (χ3n) is 13.3. The van der Waals surface area contributed by atoms with Gasteiger partial charge in [0.15, 0.2) is 0 Å². The summed E-state index contributed by atoms with van der Waals surface area (Å²) in [6.07, 6.45) is 0. The van der Waals surface area contributed by atoms with Gasteiger partial charge in [0, 0.05) is 33.2 Å². The zero-order valence-electron chi connectivity index (χ0n) is 33.3. The standard InChI is InChI=1S/C59H38N2/c1-6-18-39(19-7-1)41-32-34-46-47-35-33-42(40-20-8-2-9-21-40)37-52(47)59(51(46)36-41)49-29-16-28-48-54(60(43-22-10-3-11-23-43)44-24-12-4-13-25-44)38-55-58(56(48)49)57-50(59)30-17-31-53(57)61(55)45-26-14-5-15-27-45/h1-38H. The van der Waals surface area contributed by atoms with E-state index in [1.807, 2.05) is 0 Å². The van der Waals surface area contributed by atoms with Gasteiger partial charge in [-0.2, -0.15) is 0 Å². The molecule has 1 heterocycles. The van der Waals surface area contributed by atoms with Crippen molar-refractivity contribution in [2.24, 2.45) is 0 Å². The monoisotopic (exact) mass is 774 g/mol. The highest BCUT2D eigenvalue weighted by Gasteiger charge is 2.51. The second kappa shape index (κ2) is 13.0. The number of nitrogens with zero attached hydrogens (tertiary/aromatic N) is 2. The molecule has 0 radical (unpaired) electrons. The maximum atomic E-state index is 2.51. The van der Waals surface area contributed by atoms with E-state index in [0.717, 1.165) is 22.7 Å². The number of fused-ring (bicyclic) bond motifs is 7. The van der Waals surface area contributed by atoms with Crippen LogP contribution in [-0.4, -0.2) is 4.57 Å². The summed E-state index contributed by atoms with van der Waals surface area (Å²) in [5.41, 5.74) is 19.1. The number of aromatic nitrogens is 1. The molecule has 2 heteroatoms. The molecule has 13 rings (SSSR count). The van der Waals surface area contributed by atoms with Crippen molar-refractivity contribution in [3.8, 4) is 39.1 Å². The van der Waals surface area contributed by atoms with E-state index in [2.05, 4.69) is 240 Å². The van der Waals surface area contributed by atoms with Gasteiger partial charge in [-0.15, -0.1) is 0 Å². The predicted molar refractivity (Wildman–Crippen MR) is 255 cm³/mol. The lowest BCUT2D eigenvalue weighted by Crippen LogP contribution is -2.31. The van der Waals surface area contributed by atoms with E-state index in [0.29, 0.717) is 0 Å². The summed E-state index contributed by atoms with van der Waals surface area (Å²) in [6.45, 7) is 0. The van der Waals surface area contributed by atoms with E-state index in [1.165, 1.54) is 88.2 Å². The van der Waals surface area contributed by atoms with Crippen LogP contribution in [0.25, 0.3) is 71.6 Å². The van der Waals surface area contributed by atoms with E-state index >= 15 is 0 Å². The van der Waals surface area contributed by atoms with Gasteiger partial charge in [-0.3, -0.25) is 0 Å². The molecule has 11 aromatic rings. The molecule has 61 heavy (non-hydrogen) atoms. The van der Waals surface area contributed by atoms with Crippen LogP contribution in [0.5, 0.6) is 0 Å². The predicted octanol–water partition coefficient (Wildman–Crippen LogP) is 15.4. The lowest BCUT2D eigenvalue weighted by Gasteiger charge is -2.39. The van der Waals surface area contributed by atoms with E-state index < -0.39 is 5.41 Å². The minimum absolute atomic E-state index is 0.620. The molecule has 1 aromatic heterocycles. The maximum absolute atomic E-state index is 2.51. The zero-order chi connectivity index (χ0) is 40.1. The van der Waals surface area contributed by atoms with Crippen molar-refractivity contribution < 1.29 is 0 Å². The topological polar surface area (TPSA) is 8.17 Å². The molecule has 1 spiro atoms. The summed E-state index contributed by atoms with van der Waals surface area (Å²) in [5.74, 6) is 0. The second-order valence-corrected chi connectivity index (χ2v) is 16.4. The molecule has 0 bridgehead atoms. The lowest BCUT2D eigenvalue weighted by molar-refractivity contribution is 0.783. The van der Waals surface area contributed by atoms with E-state index in [9.17, 15) is 0 Å². The molecular formula is C59H38N2. The van der Waals surface area contributed by atoms with Crippen LogP contribution >= 0.6 is 0 Å². The molecule has 0 unspecified atom stereocenters. The van der Waals surface area contributed by atoms with Crippen LogP contribution in [0.2, 0.25) is 0 Å². The first-order chi connectivity index (χ1) is 30.3. The molecule has 10 aromatic carbocycles. The quantitative estimate of drug-likeness (QED) is 0.163. The Morgan fingerprint density at radius 3 is 1.38 bits per heavy atom. The summed E-state index contributed by atoms with van der Waals surface area (Å²) in [6, 6.07) is 85.4. The van der Waals surface area contributed by atoms with E-state index in [1.54, 1.807) is 0 Å². The van der Waals surface area contributed by atoms with Gasteiger partial charge in [0.1, 0.15) is 0 Å². The molecule has 2 aliphatic rings. The fourth-order valence-corrected chi connectivity index (χ4v) is 10.9. The first kappa shape index (κ1) is 34.0. The van der Waals surface area contributed by atoms with Gasteiger partial charge in [0.2, 0.25) is 0 Å². The Kier molecular flexibility index (Phi) is 7.26. The third-order valence-corrected chi connectivity index (χ3v) is 13.3. The van der Waals surface area contributed by atoms with Crippen LogP contribution < -0.4 is 4.90 Å². The van der Waals surface area contributed by atoms with E-state index in [-0.39, 0.29) is 0 Å². The van der Waals surface area contributed by atoms with Gasteiger partial charge >= 0.3 is 0 Å². The van der Waals surface area contributed by atoms with Crippen molar-refractivity contribution >= 4 is 49.6 Å². The molecule has 0 amide bonds. The van der Waals surface area contributed by atoms with Crippen molar-refractivity contribution in [3.63, 3.8) is 0 Å². The highest BCUT2D eigenvalue weighted by Crippen LogP contribution is 2.64. The average Bonchev–Trinajstić information content (AvgIpc) is 3.82. The molecule has 0 atom stereocenters. The summed E-state index contributed by atoms with van der Waals surface area (Å²) in [5, 5.41) is 5.16. The summed E-state index contributed by atoms with van der Waals surface area (Å²) in [7, 11) is 0. The molecular weight excluding hydrogens is 737 g/mol. The molecule has 2 aliphatic carbocycles. The number of hydrogen-bond donors (Lipinski definition) is 0. The van der Waals surface area contributed by atoms with Gasteiger partial charge in [0.25, 0.3) is 0 Å². The van der Waals surface area contributed by atoms with Gasteiger partial charge in [-0.25, -0.2) is 0 Å². The van der Waals surface area contributed by atoms with Crippen LogP contribution in [0, 0.1) is 0 Å². The van der Waals surface area contributed by atoms with Crippen LogP contribution in [-0.2, 0) is 5.41 Å². The summed E-state index contributed by atoms with van der Waals surface area (Å²) >= 11 is 0. The van der Waals surface area contributed by atoms with Crippen LogP contribution in [0.15, 0.2) is 231 Å². The smallest absolute Gasteiger partial charge is 0.0726 e. The van der Waals surface area contributed by atoms with E-state index in [4.69, 9.17) is 0 Å². The Bertz CT molecular complexity index is 3370. The Labute approximate surface area is 354 Å². The van der Waals surface area contributed by atoms with Gasteiger partial charge < -0.3 is 9.47 Å². The van der Waals surface area contributed by atoms with Crippen molar-refractivity contribution in [3.05, 3.63) is 253 Å². The molecule has 0 saturated carbocycles. The number of benzene rings is 10. The number of rotatable bonds is 6. The maximum Gasteiger partial charge on any atom is 0.0726 e. The van der Waals surface area contributed by atoms with Gasteiger partial charge in [0.05, 0.1) is 22.1 Å². The minimum Gasteiger partial charge on any atom is -0.310 e. The molecule has 284 valence electrons. The van der Waals surface area contributed by atoms with Crippen LogP contribution in [0.3, 0.4) is 0 Å². The first-order valence-corrected chi connectivity index (χ1v) is 21.2. The fourth-order valence-electron chi connectivity index (χ4n) is 10.9. The first-order valence-electron chi connectivity index (χ1n) is 21.2. The summed E-state index contributed by atoms with van der Waals surface area (Å²) < 4.78 is 2.51. The Morgan fingerprint density at radius 1 is 0.328 bits per heavy atom. The third kappa shape index (κ3) is 4.73. The van der Waals surface area contributed by atoms with Crippen LogP contribution in [0.4, 0.5) is 17.1 Å². The lowest BCUT2D eigenvalue weighted by atomic mass is 9.62. The largest absolute Gasteiger partial charge is 0.310 e. The minimum atomic E-state index is -0.620. The summed E-state index contributed by atoms with van der Waals surface area (Å²) in [4.78, 5) is 2.45. The zero-order valence-corrected chi connectivity index (χ0v) is 33.3. The molecule has 0 fully saturated rings. The average molecular weight is 775 g/mol.